The van der Waals surface area contributed by atoms with Gasteiger partial charge in [-0.2, -0.15) is 0 Å². The van der Waals surface area contributed by atoms with Gasteiger partial charge in [0, 0.05) is 25.2 Å². The Bertz CT molecular complexity index is 424. The van der Waals surface area contributed by atoms with Crippen LogP contribution < -0.4 is 0 Å². The summed E-state index contributed by atoms with van der Waals surface area (Å²) in [6.45, 7) is 9.80. The Labute approximate surface area is 144 Å². The summed E-state index contributed by atoms with van der Waals surface area (Å²) in [6, 6.07) is 0.0114. The van der Waals surface area contributed by atoms with E-state index in [1.807, 2.05) is 0 Å². The van der Waals surface area contributed by atoms with Crippen LogP contribution in [0.15, 0.2) is 0 Å². The minimum absolute atomic E-state index is 0.00569. The molecule has 2 aliphatic heterocycles. The van der Waals surface area contributed by atoms with Crippen LogP contribution in [-0.4, -0.2) is 57.4 Å². The van der Waals surface area contributed by atoms with Crippen LogP contribution in [0.1, 0.15) is 53.4 Å². The third kappa shape index (κ3) is 3.62. The third-order valence-corrected chi connectivity index (χ3v) is 5.96. The average Bonchev–Trinajstić information content (AvgIpc) is 3.12. The molecule has 2 heterocycles. The fourth-order valence-corrected chi connectivity index (χ4v) is 5.15. The summed E-state index contributed by atoms with van der Waals surface area (Å²) >= 11 is 0. The first-order chi connectivity index (χ1) is 11.3. The topological polar surface area (TPSA) is 81.1 Å². The Morgan fingerprint density at radius 3 is 1.38 bits per heavy atom. The van der Waals surface area contributed by atoms with Gasteiger partial charge < -0.3 is 20.0 Å². The number of hydrogen-bond acceptors (Lipinski definition) is 2. The summed E-state index contributed by atoms with van der Waals surface area (Å²) in [5, 5.41) is 19.1. The van der Waals surface area contributed by atoms with Crippen molar-refractivity contribution < 1.29 is 19.8 Å². The Morgan fingerprint density at radius 2 is 1.12 bits per heavy atom. The van der Waals surface area contributed by atoms with Gasteiger partial charge in [0.2, 0.25) is 0 Å². The van der Waals surface area contributed by atoms with E-state index in [4.69, 9.17) is 0 Å². The van der Waals surface area contributed by atoms with Crippen molar-refractivity contribution >= 4 is 12.2 Å². The van der Waals surface area contributed by atoms with Gasteiger partial charge in [0.1, 0.15) is 0 Å². The van der Waals surface area contributed by atoms with Gasteiger partial charge in [-0.25, -0.2) is 9.59 Å². The third-order valence-electron chi connectivity index (χ3n) is 5.96. The van der Waals surface area contributed by atoms with Gasteiger partial charge in [-0.05, 0) is 49.4 Å². The van der Waals surface area contributed by atoms with E-state index in [1.54, 1.807) is 9.80 Å². The van der Waals surface area contributed by atoms with Gasteiger partial charge in [-0.3, -0.25) is 0 Å². The molecule has 0 spiro atoms. The maximum Gasteiger partial charge on any atom is 0.407 e. The molecule has 0 aromatic rings. The SMILES string of the molecule is CC(C)C(C(C(C)C)C1CCCN1C(=O)O)C1CCCN1C(=O)O. The van der Waals surface area contributed by atoms with Crippen molar-refractivity contribution in [3.8, 4) is 0 Å². The molecule has 2 amide bonds. The molecule has 24 heavy (non-hydrogen) atoms. The van der Waals surface area contributed by atoms with Crippen molar-refractivity contribution in [3.05, 3.63) is 0 Å². The number of likely N-dealkylation sites (tertiary alicyclic amines) is 2. The largest absolute Gasteiger partial charge is 0.465 e. The van der Waals surface area contributed by atoms with E-state index in [9.17, 15) is 19.8 Å². The number of carbonyl (C=O) groups is 2. The lowest BCUT2D eigenvalue weighted by atomic mass is 9.68. The molecule has 4 atom stereocenters. The molecule has 2 saturated heterocycles. The molecule has 0 bridgehead atoms. The molecular formula is C18H32N2O4. The fourth-order valence-electron chi connectivity index (χ4n) is 5.15. The molecule has 0 radical (unpaired) electrons. The minimum atomic E-state index is -0.841. The van der Waals surface area contributed by atoms with Gasteiger partial charge in [0.25, 0.3) is 0 Å². The van der Waals surface area contributed by atoms with E-state index in [0.29, 0.717) is 24.9 Å². The molecule has 2 aliphatic rings. The molecule has 0 aromatic carbocycles. The van der Waals surface area contributed by atoms with Crippen LogP contribution in [0.2, 0.25) is 0 Å². The first-order valence-electron chi connectivity index (χ1n) is 9.24. The Balaban J connectivity index is 2.34. The monoisotopic (exact) mass is 340 g/mol. The standard InChI is InChI=1S/C18H32N2O4/c1-11(2)15(13-7-5-9-19(13)17(21)22)16(12(3)4)14-8-6-10-20(14)18(23)24/h11-16H,5-10H2,1-4H3,(H,21,22)(H,23,24). The van der Waals surface area contributed by atoms with Crippen molar-refractivity contribution in [3.63, 3.8) is 0 Å². The van der Waals surface area contributed by atoms with Crippen LogP contribution in [0.25, 0.3) is 0 Å². The highest BCUT2D eigenvalue weighted by atomic mass is 16.4. The van der Waals surface area contributed by atoms with Crippen molar-refractivity contribution in [2.75, 3.05) is 13.1 Å². The van der Waals surface area contributed by atoms with E-state index in [-0.39, 0.29) is 23.9 Å². The molecule has 2 fully saturated rings. The second-order valence-corrected chi connectivity index (χ2v) is 8.01. The number of hydrogen-bond donors (Lipinski definition) is 2. The van der Waals surface area contributed by atoms with E-state index >= 15 is 0 Å². The quantitative estimate of drug-likeness (QED) is 0.797. The number of carboxylic acid groups (broad SMARTS) is 2. The smallest absolute Gasteiger partial charge is 0.407 e. The molecule has 2 N–H and O–H groups in total. The lowest BCUT2D eigenvalue weighted by Gasteiger charge is -2.44. The highest BCUT2D eigenvalue weighted by molar-refractivity contribution is 5.66. The van der Waals surface area contributed by atoms with E-state index in [2.05, 4.69) is 27.7 Å². The second-order valence-electron chi connectivity index (χ2n) is 8.01. The Kier molecular flexibility index (Phi) is 5.99. The number of nitrogens with zero attached hydrogens (tertiary/aromatic N) is 2. The zero-order chi connectivity index (χ0) is 18.0. The van der Waals surface area contributed by atoms with Crippen molar-refractivity contribution in [1.82, 2.24) is 9.80 Å². The van der Waals surface area contributed by atoms with E-state index in [0.717, 1.165) is 25.7 Å². The summed E-state index contributed by atoms with van der Waals surface area (Å²) < 4.78 is 0. The first kappa shape index (κ1) is 18.9. The van der Waals surface area contributed by atoms with Crippen molar-refractivity contribution in [1.29, 1.82) is 0 Å². The van der Waals surface area contributed by atoms with Gasteiger partial charge in [0.05, 0.1) is 0 Å². The summed E-state index contributed by atoms with van der Waals surface area (Å²) in [4.78, 5) is 26.5. The predicted molar refractivity (Wildman–Crippen MR) is 92.2 cm³/mol. The molecule has 0 aliphatic carbocycles. The van der Waals surface area contributed by atoms with Gasteiger partial charge in [-0.15, -0.1) is 0 Å². The molecule has 0 saturated carbocycles. The van der Waals surface area contributed by atoms with Crippen LogP contribution >= 0.6 is 0 Å². The molecule has 0 aromatic heterocycles. The Hall–Kier alpha value is -1.46. The van der Waals surface area contributed by atoms with Crippen molar-refractivity contribution in [2.24, 2.45) is 23.7 Å². The average molecular weight is 340 g/mol. The molecular weight excluding hydrogens is 308 g/mol. The predicted octanol–water partition coefficient (Wildman–Crippen LogP) is 3.82. The van der Waals surface area contributed by atoms with Crippen LogP contribution in [0.5, 0.6) is 0 Å². The normalized spacial score (nSPS) is 27.1. The highest BCUT2D eigenvalue weighted by Gasteiger charge is 2.46. The van der Waals surface area contributed by atoms with Gasteiger partial charge in [-0.1, -0.05) is 27.7 Å². The highest BCUT2D eigenvalue weighted by Crippen LogP contribution is 2.42. The lowest BCUT2D eigenvalue weighted by Crippen LogP contribution is -2.51. The lowest BCUT2D eigenvalue weighted by molar-refractivity contribution is 0.0341. The number of amides is 2. The molecule has 6 nitrogen and oxygen atoms in total. The molecule has 6 heteroatoms. The molecule has 4 unspecified atom stereocenters. The Morgan fingerprint density at radius 1 is 0.792 bits per heavy atom. The fraction of sp³-hybridized carbons (Fsp3) is 0.889. The van der Waals surface area contributed by atoms with Crippen LogP contribution in [0, 0.1) is 23.7 Å². The maximum absolute atomic E-state index is 11.6. The van der Waals surface area contributed by atoms with E-state index < -0.39 is 12.2 Å². The summed E-state index contributed by atoms with van der Waals surface area (Å²) in [6.07, 6.45) is 1.90. The minimum Gasteiger partial charge on any atom is -0.465 e. The maximum atomic E-state index is 11.6. The second kappa shape index (κ2) is 7.62. The first-order valence-corrected chi connectivity index (χ1v) is 9.24. The van der Waals surface area contributed by atoms with Crippen LogP contribution in [-0.2, 0) is 0 Å². The summed E-state index contributed by atoms with van der Waals surface area (Å²) in [5.41, 5.74) is 0. The summed E-state index contributed by atoms with van der Waals surface area (Å²) in [7, 11) is 0. The van der Waals surface area contributed by atoms with Crippen LogP contribution in [0.3, 0.4) is 0 Å². The van der Waals surface area contributed by atoms with Crippen molar-refractivity contribution in [2.45, 2.75) is 65.5 Å². The van der Waals surface area contributed by atoms with Gasteiger partial charge in [0.15, 0.2) is 0 Å². The zero-order valence-corrected chi connectivity index (χ0v) is 15.3. The molecule has 138 valence electrons. The summed E-state index contributed by atoms with van der Waals surface area (Å²) in [5.74, 6) is 1.01. The van der Waals surface area contributed by atoms with Gasteiger partial charge >= 0.3 is 12.2 Å². The molecule has 2 rings (SSSR count). The zero-order valence-electron chi connectivity index (χ0n) is 15.3. The van der Waals surface area contributed by atoms with E-state index in [1.165, 1.54) is 0 Å². The number of rotatable bonds is 5. The van der Waals surface area contributed by atoms with Crippen LogP contribution in [0.4, 0.5) is 9.59 Å².